The Morgan fingerprint density at radius 1 is 0.857 bits per heavy atom. The third kappa shape index (κ3) is 2.59. The molecule has 0 atom stereocenters. The Bertz CT molecular complexity index is 196. The lowest BCUT2D eigenvalue weighted by Crippen LogP contribution is -2.25. The SMILES string of the molecule is O=C1CCC(C2CCC(Br)CC2)CC1. The van der Waals surface area contributed by atoms with Gasteiger partial charge >= 0.3 is 0 Å². The molecule has 0 bridgehead atoms. The lowest BCUT2D eigenvalue weighted by molar-refractivity contribution is -0.121. The normalized spacial score (nSPS) is 35.9. The summed E-state index contributed by atoms with van der Waals surface area (Å²) in [6.45, 7) is 0. The molecule has 0 N–H and O–H groups in total. The van der Waals surface area contributed by atoms with Crippen LogP contribution in [0.4, 0.5) is 0 Å². The summed E-state index contributed by atoms with van der Waals surface area (Å²) >= 11 is 3.70. The Morgan fingerprint density at radius 2 is 1.36 bits per heavy atom. The second-order valence-electron chi connectivity index (χ2n) is 4.89. The van der Waals surface area contributed by atoms with Crippen LogP contribution in [-0.4, -0.2) is 10.6 Å². The monoisotopic (exact) mass is 258 g/mol. The van der Waals surface area contributed by atoms with Gasteiger partial charge in [0.1, 0.15) is 5.78 Å². The fourth-order valence-electron chi connectivity index (χ4n) is 2.98. The van der Waals surface area contributed by atoms with Crippen LogP contribution < -0.4 is 0 Å². The number of hydrogen-bond acceptors (Lipinski definition) is 1. The Balaban J connectivity index is 1.81. The standard InChI is InChI=1S/C12H19BrO/c13-11-5-1-9(2-6-11)10-3-7-12(14)8-4-10/h9-11H,1-8H2. The van der Waals surface area contributed by atoms with Crippen molar-refractivity contribution in [1.82, 2.24) is 0 Å². The second kappa shape index (κ2) is 4.78. The van der Waals surface area contributed by atoms with E-state index >= 15 is 0 Å². The number of carbonyl (C=O) groups is 1. The minimum absolute atomic E-state index is 0.496. The maximum atomic E-state index is 11.1. The minimum atomic E-state index is 0.496. The number of alkyl halides is 1. The summed E-state index contributed by atoms with van der Waals surface area (Å²) in [6, 6.07) is 0. The third-order valence-corrected chi connectivity index (χ3v) is 4.87. The first kappa shape index (κ1) is 10.7. The van der Waals surface area contributed by atoms with E-state index in [0.29, 0.717) is 5.78 Å². The summed E-state index contributed by atoms with van der Waals surface area (Å²) < 4.78 is 0. The number of ketones is 1. The van der Waals surface area contributed by atoms with Crippen molar-refractivity contribution >= 4 is 21.7 Å². The van der Waals surface area contributed by atoms with Crippen LogP contribution in [0.1, 0.15) is 51.4 Å². The van der Waals surface area contributed by atoms with Crippen molar-refractivity contribution in [2.75, 3.05) is 0 Å². The molecule has 0 aromatic heterocycles. The summed E-state index contributed by atoms with van der Waals surface area (Å²) in [7, 11) is 0. The van der Waals surface area contributed by atoms with Crippen LogP contribution in [0.25, 0.3) is 0 Å². The number of carbonyl (C=O) groups excluding carboxylic acids is 1. The lowest BCUT2D eigenvalue weighted by Gasteiger charge is -2.34. The van der Waals surface area contributed by atoms with Crippen LogP contribution in [0.2, 0.25) is 0 Å². The largest absolute Gasteiger partial charge is 0.300 e. The Hall–Kier alpha value is 0.150. The van der Waals surface area contributed by atoms with E-state index in [1.165, 1.54) is 38.5 Å². The van der Waals surface area contributed by atoms with Gasteiger partial charge < -0.3 is 0 Å². The maximum absolute atomic E-state index is 11.1. The van der Waals surface area contributed by atoms with Gasteiger partial charge in [-0.2, -0.15) is 0 Å². The van der Waals surface area contributed by atoms with Crippen LogP contribution >= 0.6 is 15.9 Å². The molecule has 0 aliphatic heterocycles. The van der Waals surface area contributed by atoms with Gasteiger partial charge in [0.15, 0.2) is 0 Å². The van der Waals surface area contributed by atoms with Gasteiger partial charge in [-0.25, -0.2) is 0 Å². The average Bonchev–Trinajstić information content (AvgIpc) is 2.21. The molecule has 2 aliphatic rings. The van der Waals surface area contributed by atoms with E-state index in [0.717, 1.165) is 29.5 Å². The Kier molecular flexibility index (Phi) is 3.64. The second-order valence-corrected chi connectivity index (χ2v) is 6.18. The number of halogens is 1. The van der Waals surface area contributed by atoms with E-state index in [-0.39, 0.29) is 0 Å². The van der Waals surface area contributed by atoms with Crippen molar-refractivity contribution in [3.05, 3.63) is 0 Å². The molecule has 0 spiro atoms. The molecular formula is C12H19BrO. The van der Waals surface area contributed by atoms with Crippen molar-refractivity contribution in [2.24, 2.45) is 11.8 Å². The first-order valence-electron chi connectivity index (χ1n) is 5.91. The zero-order chi connectivity index (χ0) is 9.97. The molecular weight excluding hydrogens is 240 g/mol. The lowest BCUT2D eigenvalue weighted by atomic mass is 9.73. The molecule has 0 aromatic carbocycles. The van der Waals surface area contributed by atoms with Gasteiger partial charge in [-0.1, -0.05) is 15.9 Å². The molecule has 2 heteroatoms. The highest BCUT2D eigenvalue weighted by Crippen LogP contribution is 2.38. The summed E-state index contributed by atoms with van der Waals surface area (Å²) in [4.78, 5) is 11.9. The quantitative estimate of drug-likeness (QED) is 0.656. The first-order chi connectivity index (χ1) is 6.75. The average molecular weight is 259 g/mol. The van der Waals surface area contributed by atoms with Gasteiger partial charge in [-0.05, 0) is 50.4 Å². The summed E-state index contributed by atoms with van der Waals surface area (Å²) in [5, 5.41) is 0. The topological polar surface area (TPSA) is 17.1 Å². The molecule has 0 aromatic rings. The van der Waals surface area contributed by atoms with Gasteiger partial charge in [0.25, 0.3) is 0 Å². The van der Waals surface area contributed by atoms with E-state index in [1.807, 2.05) is 0 Å². The van der Waals surface area contributed by atoms with E-state index in [4.69, 9.17) is 0 Å². The van der Waals surface area contributed by atoms with Crippen molar-refractivity contribution in [2.45, 2.75) is 56.2 Å². The molecule has 0 radical (unpaired) electrons. The van der Waals surface area contributed by atoms with Crippen LogP contribution in [0.3, 0.4) is 0 Å². The molecule has 80 valence electrons. The number of hydrogen-bond donors (Lipinski definition) is 0. The van der Waals surface area contributed by atoms with Gasteiger partial charge in [-0.3, -0.25) is 4.79 Å². The molecule has 2 aliphatic carbocycles. The van der Waals surface area contributed by atoms with Gasteiger partial charge in [0.05, 0.1) is 0 Å². The molecule has 0 unspecified atom stereocenters. The third-order valence-electron chi connectivity index (χ3n) is 3.96. The highest BCUT2D eigenvalue weighted by molar-refractivity contribution is 9.09. The van der Waals surface area contributed by atoms with Crippen molar-refractivity contribution < 1.29 is 4.79 Å². The Labute approximate surface area is 94.8 Å². The molecule has 2 saturated carbocycles. The smallest absolute Gasteiger partial charge is 0.132 e. The van der Waals surface area contributed by atoms with E-state index in [1.54, 1.807) is 0 Å². The van der Waals surface area contributed by atoms with Crippen molar-refractivity contribution in [3.8, 4) is 0 Å². The van der Waals surface area contributed by atoms with Crippen LogP contribution in [0.5, 0.6) is 0 Å². The molecule has 0 amide bonds. The van der Waals surface area contributed by atoms with Gasteiger partial charge in [0, 0.05) is 17.7 Å². The minimum Gasteiger partial charge on any atom is -0.300 e. The van der Waals surface area contributed by atoms with Crippen LogP contribution in [0.15, 0.2) is 0 Å². The molecule has 0 saturated heterocycles. The highest BCUT2D eigenvalue weighted by Gasteiger charge is 2.29. The fourth-order valence-corrected chi connectivity index (χ4v) is 3.51. The van der Waals surface area contributed by atoms with Crippen molar-refractivity contribution in [1.29, 1.82) is 0 Å². The molecule has 1 nitrogen and oxygen atoms in total. The van der Waals surface area contributed by atoms with E-state index in [2.05, 4.69) is 15.9 Å². The zero-order valence-corrected chi connectivity index (χ0v) is 10.3. The van der Waals surface area contributed by atoms with Crippen LogP contribution in [-0.2, 0) is 4.79 Å². The molecule has 2 rings (SSSR count). The molecule has 2 fully saturated rings. The number of Topliss-reactive ketones (excluding diaryl/α,β-unsaturated/α-hetero) is 1. The summed E-state index contributed by atoms with van der Waals surface area (Å²) in [5.74, 6) is 2.29. The Morgan fingerprint density at radius 3 is 1.93 bits per heavy atom. The summed E-state index contributed by atoms with van der Waals surface area (Å²) in [6.07, 6.45) is 9.53. The van der Waals surface area contributed by atoms with Gasteiger partial charge in [0.2, 0.25) is 0 Å². The summed E-state index contributed by atoms with van der Waals surface area (Å²) in [5.41, 5.74) is 0. The fraction of sp³-hybridized carbons (Fsp3) is 0.917. The van der Waals surface area contributed by atoms with Gasteiger partial charge in [-0.15, -0.1) is 0 Å². The van der Waals surface area contributed by atoms with E-state index < -0.39 is 0 Å². The maximum Gasteiger partial charge on any atom is 0.132 e. The van der Waals surface area contributed by atoms with Crippen molar-refractivity contribution in [3.63, 3.8) is 0 Å². The highest BCUT2D eigenvalue weighted by atomic mass is 79.9. The predicted molar refractivity (Wildman–Crippen MR) is 61.6 cm³/mol. The molecule has 0 heterocycles. The number of rotatable bonds is 1. The van der Waals surface area contributed by atoms with Crippen LogP contribution in [0, 0.1) is 11.8 Å². The zero-order valence-electron chi connectivity index (χ0n) is 8.68. The van der Waals surface area contributed by atoms with E-state index in [9.17, 15) is 4.79 Å². The predicted octanol–water partition coefficient (Wildman–Crippen LogP) is 3.70. The first-order valence-corrected chi connectivity index (χ1v) is 6.83. The molecule has 14 heavy (non-hydrogen) atoms.